The Morgan fingerprint density at radius 1 is 1.05 bits per heavy atom. The lowest BCUT2D eigenvalue weighted by Crippen LogP contribution is -2.14. The van der Waals surface area contributed by atoms with Crippen molar-refractivity contribution in [3.8, 4) is 5.75 Å². The fraction of sp³-hybridized carbons (Fsp3) is 0.294. The van der Waals surface area contributed by atoms with Crippen molar-refractivity contribution in [3.05, 3.63) is 65.2 Å². The minimum atomic E-state index is -0.560. The zero-order chi connectivity index (χ0) is 15.2. The molecule has 4 heteroatoms. The highest BCUT2D eigenvalue weighted by molar-refractivity contribution is 5.28. The van der Waals surface area contributed by atoms with Crippen molar-refractivity contribution >= 4 is 0 Å². The first-order chi connectivity index (χ1) is 10.0. The topological polar surface area (TPSA) is 21.3 Å². The molecular formula is C17H19F2NO. The van der Waals surface area contributed by atoms with Gasteiger partial charge in [-0.3, -0.25) is 0 Å². The largest absolute Gasteiger partial charge is 0.491 e. The Morgan fingerprint density at radius 2 is 1.86 bits per heavy atom. The van der Waals surface area contributed by atoms with Gasteiger partial charge in [0.05, 0.1) is 6.10 Å². The third-order valence-corrected chi connectivity index (χ3v) is 2.93. The zero-order valence-electron chi connectivity index (χ0n) is 12.2. The third-order valence-electron chi connectivity index (χ3n) is 2.93. The van der Waals surface area contributed by atoms with Gasteiger partial charge < -0.3 is 10.1 Å². The van der Waals surface area contributed by atoms with Crippen LogP contribution in [0, 0.1) is 11.6 Å². The molecule has 0 saturated carbocycles. The van der Waals surface area contributed by atoms with Crippen molar-refractivity contribution in [2.75, 3.05) is 0 Å². The standard InChI is InChI=1S/C17H19F2NO/c1-12(2)21-16-5-3-4-13(8-16)10-20-11-14-6-7-15(18)9-17(14)19/h3-9,12,20H,10-11H2,1-2H3. The molecule has 0 aliphatic heterocycles. The molecule has 1 N–H and O–H groups in total. The van der Waals surface area contributed by atoms with E-state index in [0.29, 0.717) is 18.7 Å². The van der Waals surface area contributed by atoms with Gasteiger partial charge in [-0.15, -0.1) is 0 Å². The Labute approximate surface area is 123 Å². The summed E-state index contributed by atoms with van der Waals surface area (Å²) < 4.78 is 31.9. The molecular weight excluding hydrogens is 272 g/mol. The van der Waals surface area contributed by atoms with Crippen LogP contribution in [0.25, 0.3) is 0 Å². The molecule has 2 rings (SSSR count). The summed E-state index contributed by atoms with van der Waals surface area (Å²) in [6, 6.07) is 11.4. The van der Waals surface area contributed by atoms with Gasteiger partial charge in [0, 0.05) is 24.7 Å². The quantitative estimate of drug-likeness (QED) is 0.867. The molecule has 0 bridgehead atoms. The second-order valence-corrected chi connectivity index (χ2v) is 5.15. The Morgan fingerprint density at radius 3 is 2.57 bits per heavy atom. The molecule has 0 heterocycles. The zero-order valence-corrected chi connectivity index (χ0v) is 12.2. The molecule has 0 fully saturated rings. The van der Waals surface area contributed by atoms with E-state index in [9.17, 15) is 8.78 Å². The summed E-state index contributed by atoms with van der Waals surface area (Å²) in [6.07, 6.45) is 0.126. The van der Waals surface area contributed by atoms with Gasteiger partial charge in [-0.2, -0.15) is 0 Å². The Hall–Kier alpha value is -1.94. The minimum absolute atomic E-state index is 0.126. The smallest absolute Gasteiger partial charge is 0.130 e. The summed E-state index contributed by atoms with van der Waals surface area (Å²) in [4.78, 5) is 0. The van der Waals surface area contributed by atoms with Crippen LogP contribution in [0.1, 0.15) is 25.0 Å². The normalized spacial score (nSPS) is 10.9. The minimum Gasteiger partial charge on any atom is -0.491 e. The second-order valence-electron chi connectivity index (χ2n) is 5.15. The molecule has 2 aromatic rings. The number of rotatable bonds is 6. The first kappa shape index (κ1) is 15.4. The maximum absolute atomic E-state index is 13.5. The van der Waals surface area contributed by atoms with E-state index < -0.39 is 11.6 Å². The van der Waals surface area contributed by atoms with E-state index in [1.165, 1.54) is 12.1 Å². The van der Waals surface area contributed by atoms with Gasteiger partial charge in [0.25, 0.3) is 0 Å². The lowest BCUT2D eigenvalue weighted by molar-refractivity contribution is 0.242. The Bertz CT molecular complexity index is 599. The van der Waals surface area contributed by atoms with Crippen LogP contribution in [0.2, 0.25) is 0 Å². The molecule has 21 heavy (non-hydrogen) atoms. The van der Waals surface area contributed by atoms with Gasteiger partial charge in [-0.25, -0.2) is 8.78 Å². The van der Waals surface area contributed by atoms with E-state index >= 15 is 0 Å². The number of hydrogen-bond donors (Lipinski definition) is 1. The molecule has 112 valence electrons. The van der Waals surface area contributed by atoms with Crippen molar-refractivity contribution in [1.82, 2.24) is 5.32 Å². The highest BCUT2D eigenvalue weighted by Crippen LogP contribution is 2.15. The second kappa shape index (κ2) is 7.18. The monoisotopic (exact) mass is 291 g/mol. The molecule has 0 amide bonds. The number of halogens is 2. The van der Waals surface area contributed by atoms with Gasteiger partial charge in [0.15, 0.2) is 0 Å². The summed E-state index contributed by atoms with van der Waals surface area (Å²) in [5, 5.41) is 3.14. The maximum Gasteiger partial charge on any atom is 0.130 e. The molecule has 0 saturated heterocycles. The van der Waals surface area contributed by atoms with E-state index in [1.807, 2.05) is 38.1 Å². The Balaban J connectivity index is 1.91. The fourth-order valence-electron chi connectivity index (χ4n) is 2.01. The number of nitrogens with one attached hydrogen (secondary N) is 1. The third kappa shape index (κ3) is 4.83. The molecule has 0 atom stereocenters. The van der Waals surface area contributed by atoms with E-state index in [-0.39, 0.29) is 6.10 Å². The van der Waals surface area contributed by atoms with Crippen LogP contribution in [0.15, 0.2) is 42.5 Å². The lowest BCUT2D eigenvalue weighted by atomic mass is 10.2. The molecule has 2 nitrogen and oxygen atoms in total. The molecule has 0 spiro atoms. The number of benzene rings is 2. The van der Waals surface area contributed by atoms with Crippen LogP contribution < -0.4 is 10.1 Å². The van der Waals surface area contributed by atoms with Crippen molar-refractivity contribution in [1.29, 1.82) is 0 Å². The SMILES string of the molecule is CC(C)Oc1cccc(CNCc2ccc(F)cc2F)c1. The maximum atomic E-state index is 13.5. The average Bonchev–Trinajstić information content (AvgIpc) is 2.41. The summed E-state index contributed by atoms with van der Waals surface area (Å²) in [5.74, 6) is -0.272. The van der Waals surface area contributed by atoms with E-state index in [1.54, 1.807) is 0 Å². The molecule has 0 unspecified atom stereocenters. The van der Waals surface area contributed by atoms with Crippen molar-refractivity contribution in [3.63, 3.8) is 0 Å². The van der Waals surface area contributed by atoms with Crippen molar-refractivity contribution in [2.45, 2.75) is 33.0 Å². The van der Waals surface area contributed by atoms with Crippen molar-refractivity contribution < 1.29 is 13.5 Å². The number of ether oxygens (including phenoxy) is 1. The predicted molar refractivity (Wildman–Crippen MR) is 79.1 cm³/mol. The molecule has 0 radical (unpaired) electrons. The summed E-state index contributed by atoms with van der Waals surface area (Å²) >= 11 is 0. The van der Waals surface area contributed by atoms with Crippen LogP contribution in [0.3, 0.4) is 0 Å². The fourth-order valence-corrected chi connectivity index (χ4v) is 2.01. The van der Waals surface area contributed by atoms with Crippen LogP contribution in [-0.2, 0) is 13.1 Å². The molecule has 0 aliphatic rings. The molecule has 2 aromatic carbocycles. The van der Waals surface area contributed by atoms with E-state index in [2.05, 4.69) is 5.32 Å². The predicted octanol–water partition coefficient (Wildman–Crippen LogP) is 4.04. The highest BCUT2D eigenvalue weighted by Gasteiger charge is 2.04. The van der Waals surface area contributed by atoms with E-state index in [4.69, 9.17) is 4.74 Å². The van der Waals surface area contributed by atoms with Gasteiger partial charge in [-0.1, -0.05) is 18.2 Å². The van der Waals surface area contributed by atoms with Gasteiger partial charge in [-0.05, 0) is 37.6 Å². The summed E-state index contributed by atoms with van der Waals surface area (Å²) in [5.41, 5.74) is 1.50. The number of hydrogen-bond acceptors (Lipinski definition) is 2. The first-order valence-corrected chi connectivity index (χ1v) is 6.95. The van der Waals surface area contributed by atoms with E-state index in [0.717, 1.165) is 17.4 Å². The van der Waals surface area contributed by atoms with Gasteiger partial charge >= 0.3 is 0 Å². The lowest BCUT2D eigenvalue weighted by Gasteiger charge is -2.11. The highest BCUT2D eigenvalue weighted by atomic mass is 19.1. The molecule has 0 aliphatic carbocycles. The first-order valence-electron chi connectivity index (χ1n) is 6.95. The molecule has 0 aromatic heterocycles. The summed E-state index contributed by atoms with van der Waals surface area (Å²) in [6.45, 7) is 4.89. The van der Waals surface area contributed by atoms with Crippen LogP contribution in [0.4, 0.5) is 8.78 Å². The van der Waals surface area contributed by atoms with Gasteiger partial charge in [0.1, 0.15) is 17.4 Å². The van der Waals surface area contributed by atoms with Crippen LogP contribution in [-0.4, -0.2) is 6.10 Å². The summed E-state index contributed by atoms with van der Waals surface area (Å²) in [7, 11) is 0. The Kier molecular flexibility index (Phi) is 5.28. The van der Waals surface area contributed by atoms with Gasteiger partial charge in [0.2, 0.25) is 0 Å². The average molecular weight is 291 g/mol. The van der Waals surface area contributed by atoms with Crippen molar-refractivity contribution in [2.24, 2.45) is 0 Å². The van der Waals surface area contributed by atoms with Crippen LogP contribution >= 0.6 is 0 Å². The van der Waals surface area contributed by atoms with Crippen LogP contribution in [0.5, 0.6) is 5.75 Å².